The van der Waals surface area contributed by atoms with E-state index in [9.17, 15) is 15.0 Å². The van der Waals surface area contributed by atoms with Crippen molar-refractivity contribution in [1.29, 1.82) is 0 Å². The summed E-state index contributed by atoms with van der Waals surface area (Å²) in [5, 5.41) is 26.9. The third-order valence-corrected chi connectivity index (χ3v) is 3.11. The van der Waals surface area contributed by atoms with E-state index in [4.69, 9.17) is 27.9 Å². The van der Waals surface area contributed by atoms with Crippen molar-refractivity contribution in [2.75, 3.05) is 6.61 Å². The molecule has 2 aromatic rings. The molecule has 0 aliphatic carbocycles. The molecule has 0 fully saturated rings. The van der Waals surface area contributed by atoms with Gasteiger partial charge in [0.2, 0.25) is 0 Å². The molecule has 0 amide bonds. The molecule has 7 nitrogen and oxygen atoms in total. The lowest BCUT2D eigenvalue weighted by molar-refractivity contribution is -0.0484. The second-order valence-electron chi connectivity index (χ2n) is 3.92. The average Bonchev–Trinajstić information content (AvgIpc) is 2.86. The van der Waals surface area contributed by atoms with Crippen molar-refractivity contribution >= 4 is 29.2 Å². The molecule has 0 spiro atoms. The Bertz CT molecular complexity index is 673. The number of hydrogen-bond donors (Lipinski definition) is 2. The van der Waals surface area contributed by atoms with Crippen molar-refractivity contribution in [2.45, 2.75) is 13.2 Å². The maximum Gasteiger partial charge on any atom is 0.361 e. The zero-order valence-electron chi connectivity index (χ0n) is 10.8. The van der Waals surface area contributed by atoms with Crippen LogP contribution in [0.2, 0.25) is 10.0 Å². The van der Waals surface area contributed by atoms with Crippen LogP contribution < -0.4 is 0 Å². The van der Waals surface area contributed by atoms with Gasteiger partial charge >= 0.3 is 5.97 Å². The lowest BCUT2D eigenvalue weighted by Gasteiger charge is -2.10. The fourth-order valence-corrected chi connectivity index (χ4v) is 2.06. The van der Waals surface area contributed by atoms with E-state index >= 15 is 0 Å². The average molecular weight is 332 g/mol. The van der Waals surface area contributed by atoms with Crippen LogP contribution in [0.25, 0.3) is 5.69 Å². The fourth-order valence-electron chi connectivity index (χ4n) is 1.69. The molecule has 0 radical (unpaired) electrons. The van der Waals surface area contributed by atoms with Gasteiger partial charge in [0, 0.05) is 5.02 Å². The molecule has 0 aliphatic heterocycles. The number of halogens is 2. The Morgan fingerprint density at radius 2 is 2.14 bits per heavy atom. The molecule has 0 aliphatic rings. The van der Waals surface area contributed by atoms with Gasteiger partial charge in [-0.2, -0.15) is 0 Å². The Kier molecular flexibility index (Phi) is 4.79. The summed E-state index contributed by atoms with van der Waals surface area (Å²) in [6.45, 7) is 1.73. The summed E-state index contributed by atoms with van der Waals surface area (Å²) in [6, 6.07) is 4.53. The van der Waals surface area contributed by atoms with Crippen LogP contribution in [0.3, 0.4) is 0 Å². The van der Waals surface area contributed by atoms with Crippen molar-refractivity contribution < 1.29 is 19.7 Å². The van der Waals surface area contributed by atoms with E-state index in [1.54, 1.807) is 13.0 Å². The lowest BCUT2D eigenvalue weighted by Crippen LogP contribution is -2.13. The second kappa shape index (κ2) is 6.40. The summed E-state index contributed by atoms with van der Waals surface area (Å²) >= 11 is 11.9. The molecule has 0 atom stereocenters. The highest BCUT2D eigenvalue weighted by Crippen LogP contribution is 2.27. The molecule has 112 valence electrons. The Morgan fingerprint density at radius 1 is 1.43 bits per heavy atom. The molecule has 1 aromatic carbocycles. The normalized spacial score (nSPS) is 11.0. The van der Waals surface area contributed by atoms with Crippen molar-refractivity contribution in [3.8, 4) is 5.69 Å². The van der Waals surface area contributed by atoms with Gasteiger partial charge in [0.15, 0.2) is 12.0 Å². The number of esters is 1. The zero-order valence-corrected chi connectivity index (χ0v) is 12.3. The van der Waals surface area contributed by atoms with E-state index in [1.165, 1.54) is 12.1 Å². The van der Waals surface area contributed by atoms with Gasteiger partial charge in [-0.3, -0.25) is 0 Å². The predicted octanol–water partition coefficient (Wildman–Crippen LogP) is 1.73. The molecule has 2 rings (SSSR count). The van der Waals surface area contributed by atoms with E-state index < -0.39 is 12.3 Å². The van der Waals surface area contributed by atoms with Crippen LogP contribution in [-0.4, -0.2) is 37.8 Å². The lowest BCUT2D eigenvalue weighted by atomic mass is 10.2. The van der Waals surface area contributed by atoms with Crippen LogP contribution in [0.1, 0.15) is 29.4 Å². The number of aromatic nitrogens is 3. The van der Waals surface area contributed by atoms with Crippen molar-refractivity contribution in [1.82, 2.24) is 15.0 Å². The zero-order chi connectivity index (χ0) is 15.6. The highest BCUT2D eigenvalue weighted by Gasteiger charge is 2.27. The van der Waals surface area contributed by atoms with E-state index in [1.807, 2.05) is 0 Å². The summed E-state index contributed by atoms with van der Waals surface area (Å²) in [5.41, 5.74) is -0.296. The number of carbonyl (C=O) groups excluding carboxylic acids is 1. The van der Waals surface area contributed by atoms with Crippen LogP contribution in [0.4, 0.5) is 0 Å². The maximum absolute atomic E-state index is 11.7. The molecule has 0 unspecified atom stereocenters. The Hall–Kier alpha value is -1.67. The molecule has 2 N–H and O–H groups in total. The molecular formula is C12H11Cl2N3O4. The number of aliphatic hydroxyl groups is 2. The number of hydrogen-bond acceptors (Lipinski definition) is 6. The number of benzene rings is 1. The monoisotopic (exact) mass is 331 g/mol. The van der Waals surface area contributed by atoms with Crippen LogP contribution in [0, 0.1) is 0 Å². The molecule has 1 heterocycles. The van der Waals surface area contributed by atoms with E-state index in [2.05, 4.69) is 10.3 Å². The smallest absolute Gasteiger partial charge is 0.361 e. The van der Waals surface area contributed by atoms with Gasteiger partial charge in [-0.25, -0.2) is 9.48 Å². The highest BCUT2D eigenvalue weighted by atomic mass is 35.5. The molecule has 9 heteroatoms. The van der Waals surface area contributed by atoms with E-state index in [0.29, 0.717) is 5.02 Å². The van der Waals surface area contributed by atoms with Crippen LogP contribution in [-0.2, 0) is 4.74 Å². The molecule has 0 saturated heterocycles. The Balaban J connectivity index is 2.59. The van der Waals surface area contributed by atoms with Crippen molar-refractivity contribution in [3.05, 3.63) is 39.6 Å². The maximum atomic E-state index is 11.7. The molecule has 1 aromatic heterocycles. The molecule has 21 heavy (non-hydrogen) atoms. The summed E-state index contributed by atoms with van der Waals surface area (Å²) in [5.74, 6) is -0.815. The van der Waals surface area contributed by atoms with Gasteiger partial charge in [0.25, 0.3) is 0 Å². The SMILES string of the molecule is CCOC(=O)c1nnn(-c2cc(Cl)ccc2Cl)c1C(O)O. The summed E-state index contributed by atoms with van der Waals surface area (Å²) in [4.78, 5) is 11.7. The minimum absolute atomic E-state index is 0.116. The first-order chi connectivity index (χ1) is 9.95. The Morgan fingerprint density at radius 3 is 2.76 bits per heavy atom. The van der Waals surface area contributed by atoms with E-state index in [0.717, 1.165) is 4.68 Å². The Labute approximate surface area is 129 Å². The minimum Gasteiger partial charge on any atom is -0.461 e. The first-order valence-corrected chi connectivity index (χ1v) is 6.65. The number of rotatable bonds is 4. The summed E-state index contributed by atoms with van der Waals surface area (Å²) in [7, 11) is 0. The number of carbonyl (C=O) groups is 1. The van der Waals surface area contributed by atoms with E-state index in [-0.39, 0.29) is 28.7 Å². The van der Waals surface area contributed by atoms with Crippen LogP contribution in [0.5, 0.6) is 0 Å². The number of aliphatic hydroxyl groups excluding tert-OH is 1. The highest BCUT2D eigenvalue weighted by molar-refractivity contribution is 6.34. The quantitative estimate of drug-likeness (QED) is 0.654. The van der Waals surface area contributed by atoms with Gasteiger partial charge in [-0.15, -0.1) is 5.10 Å². The van der Waals surface area contributed by atoms with Crippen LogP contribution >= 0.6 is 23.2 Å². The minimum atomic E-state index is -1.99. The van der Waals surface area contributed by atoms with Gasteiger partial charge in [0.05, 0.1) is 17.3 Å². The summed E-state index contributed by atoms with van der Waals surface area (Å²) in [6.07, 6.45) is -1.99. The van der Waals surface area contributed by atoms with Crippen LogP contribution in [0.15, 0.2) is 18.2 Å². The standard InChI is InChI=1S/C12H11Cl2N3O4/c1-2-21-12(20)9-10(11(18)19)17(16-15-9)8-5-6(13)3-4-7(8)14/h3-5,11,18-19H,2H2,1H3. The third-order valence-electron chi connectivity index (χ3n) is 2.55. The first kappa shape index (κ1) is 15.7. The third kappa shape index (κ3) is 3.16. The molecular weight excluding hydrogens is 321 g/mol. The molecule has 0 bridgehead atoms. The van der Waals surface area contributed by atoms with Gasteiger partial charge in [0.1, 0.15) is 5.69 Å². The second-order valence-corrected chi connectivity index (χ2v) is 4.77. The first-order valence-electron chi connectivity index (χ1n) is 5.90. The fraction of sp³-hybridized carbons (Fsp3) is 0.250. The number of ether oxygens (including phenoxy) is 1. The largest absolute Gasteiger partial charge is 0.461 e. The predicted molar refractivity (Wildman–Crippen MR) is 74.5 cm³/mol. The van der Waals surface area contributed by atoms with Crippen molar-refractivity contribution in [3.63, 3.8) is 0 Å². The van der Waals surface area contributed by atoms with Crippen molar-refractivity contribution in [2.24, 2.45) is 0 Å². The number of nitrogens with zero attached hydrogens (tertiary/aromatic N) is 3. The van der Waals surface area contributed by atoms with Gasteiger partial charge < -0.3 is 14.9 Å². The van der Waals surface area contributed by atoms with Gasteiger partial charge in [-0.05, 0) is 25.1 Å². The summed E-state index contributed by atoms with van der Waals surface area (Å²) < 4.78 is 5.82. The van der Waals surface area contributed by atoms with Gasteiger partial charge in [-0.1, -0.05) is 28.4 Å². The topological polar surface area (TPSA) is 97.5 Å². The molecule has 0 saturated carbocycles.